The summed E-state index contributed by atoms with van der Waals surface area (Å²) in [4.78, 5) is 31.7. The van der Waals surface area contributed by atoms with Crippen LogP contribution in [-0.4, -0.2) is 80.3 Å². The average molecular weight is 442 g/mol. The minimum Gasteiger partial charge on any atom is -0.394 e. The zero-order valence-electron chi connectivity index (χ0n) is 16.8. The van der Waals surface area contributed by atoms with Gasteiger partial charge in [-0.1, -0.05) is 11.6 Å². The van der Waals surface area contributed by atoms with Gasteiger partial charge < -0.3 is 21.1 Å². The number of hydrogen-bond acceptors (Lipinski definition) is 7. The number of nitrogens with zero attached hydrogens (tertiary/aromatic N) is 3. The van der Waals surface area contributed by atoms with Crippen molar-refractivity contribution in [2.75, 3.05) is 46.9 Å². The maximum Gasteiger partial charge on any atom is 0.270 e. The minimum atomic E-state index is -0.424. The molecule has 2 amide bonds. The van der Waals surface area contributed by atoms with Gasteiger partial charge in [0.15, 0.2) is 0 Å². The monoisotopic (exact) mass is 441 g/mol. The van der Waals surface area contributed by atoms with E-state index in [2.05, 4.69) is 9.89 Å². The molecule has 4 N–H and O–H groups in total. The third-order valence-electron chi connectivity index (χ3n) is 4.61. The van der Waals surface area contributed by atoms with Crippen LogP contribution in [0.2, 0.25) is 4.34 Å². The number of aliphatic imine (C=N–C) groups is 1. The van der Waals surface area contributed by atoms with E-state index in [0.29, 0.717) is 15.8 Å². The standard InChI is InChI=1S/C14H24N4O2.C5H4ClNOS/c1-17-7-5-16-11(9-17)8-13(15)14(19)18-6-3-4-12(18)10-20-2;6-4-2-1-3(9-4)5(7)8/h8,12H,3-7,9-10,15H2,1-2H3;1-2H,(H2,7,8)/b13-8-;/t12-;/m0./s1. The van der Waals surface area contributed by atoms with Gasteiger partial charge in [0.25, 0.3) is 11.8 Å². The molecule has 1 saturated heterocycles. The van der Waals surface area contributed by atoms with E-state index in [1.807, 2.05) is 11.9 Å². The molecule has 1 aromatic rings. The van der Waals surface area contributed by atoms with E-state index in [4.69, 9.17) is 27.8 Å². The summed E-state index contributed by atoms with van der Waals surface area (Å²) < 4.78 is 5.75. The molecule has 0 radical (unpaired) electrons. The molecule has 8 nitrogen and oxygen atoms in total. The molecule has 1 aromatic heterocycles. The predicted molar refractivity (Wildman–Crippen MR) is 117 cm³/mol. The Labute approximate surface area is 180 Å². The molecule has 1 fully saturated rings. The molecule has 2 aliphatic heterocycles. The largest absolute Gasteiger partial charge is 0.394 e. The summed E-state index contributed by atoms with van der Waals surface area (Å²) in [5.41, 5.74) is 12.1. The third kappa shape index (κ3) is 7.11. The maximum absolute atomic E-state index is 12.4. The molecule has 0 aliphatic carbocycles. The average Bonchev–Trinajstić information content (AvgIpc) is 3.31. The van der Waals surface area contributed by atoms with Gasteiger partial charge in [0, 0.05) is 26.7 Å². The lowest BCUT2D eigenvalue weighted by Gasteiger charge is -2.25. The molecule has 0 aromatic carbocycles. The molecule has 1 atom stereocenters. The van der Waals surface area contributed by atoms with Crippen LogP contribution >= 0.6 is 22.9 Å². The number of halogens is 1. The van der Waals surface area contributed by atoms with Gasteiger partial charge in [-0.2, -0.15) is 0 Å². The number of ether oxygens (including phenoxy) is 1. The number of hydrogen-bond donors (Lipinski definition) is 2. The summed E-state index contributed by atoms with van der Waals surface area (Å²) in [5.74, 6) is -0.521. The fourth-order valence-corrected chi connectivity index (χ4v) is 4.08. The SMILES string of the molecule is COC[C@@H]1CCCN1C(=O)/C(N)=C/C1=NCCN(C)C1.NC(=O)c1ccc(Cl)s1. The van der Waals surface area contributed by atoms with Crippen LogP contribution in [0, 0.1) is 0 Å². The molecule has 0 bridgehead atoms. The van der Waals surface area contributed by atoms with E-state index >= 15 is 0 Å². The predicted octanol–water partition coefficient (Wildman–Crippen LogP) is 1.35. The number of rotatable bonds is 5. The Morgan fingerprint density at radius 2 is 2.14 bits per heavy atom. The Morgan fingerprint density at radius 1 is 1.38 bits per heavy atom. The molecule has 2 aliphatic rings. The van der Waals surface area contributed by atoms with E-state index in [1.165, 1.54) is 11.3 Å². The summed E-state index contributed by atoms with van der Waals surface area (Å²) in [6, 6.07) is 3.40. The van der Waals surface area contributed by atoms with E-state index in [9.17, 15) is 9.59 Å². The summed E-state index contributed by atoms with van der Waals surface area (Å²) in [5, 5.41) is 0. The first kappa shape index (κ1) is 23.3. The second kappa shape index (κ2) is 11.3. The van der Waals surface area contributed by atoms with E-state index < -0.39 is 5.91 Å². The van der Waals surface area contributed by atoms with Crippen molar-refractivity contribution >= 4 is 40.5 Å². The van der Waals surface area contributed by atoms with Gasteiger partial charge in [-0.3, -0.25) is 19.5 Å². The van der Waals surface area contributed by atoms with Crippen molar-refractivity contribution in [1.29, 1.82) is 0 Å². The fraction of sp³-hybridized carbons (Fsp3) is 0.526. The van der Waals surface area contributed by atoms with Crippen molar-refractivity contribution in [3.8, 4) is 0 Å². The number of thiophene rings is 1. The van der Waals surface area contributed by atoms with Crippen LogP contribution in [0.5, 0.6) is 0 Å². The van der Waals surface area contributed by atoms with Crippen LogP contribution in [0.3, 0.4) is 0 Å². The summed E-state index contributed by atoms with van der Waals surface area (Å²) in [7, 11) is 3.70. The Bertz CT molecular complexity index is 780. The Kier molecular flexibility index (Phi) is 9.09. The zero-order chi connectivity index (χ0) is 21.4. The molecule has 0 spiro atoms. The van der Waals surface area contributed by atoms with E-state index in [-0.39, 0.29) is 17.6 Å². The second-order valence-electron chi connectivity index (χ2n) is 6.93. The summed E-state index contributed by atoms with van der Waals surface area (Å²) in [6.07, 6.45) is 3.72. The van der Waals surface area contributed by atoms with Crippen molar-refractivity contribution in [3.63, 3.8) is 0 Å². The Balaban J connectivity index is 0.000000278. The lowest BCUT2D eigenvalue weighted by Crippen LogP contribution is -2.41. The quantitative estimate of drug-likeness (QED) is 0.669. The molecule has 10 heteroatoms. The Morgan fingerprint density at radius 3 is 2.69 bits per heavy atom. The van der Waals surface area contributed by atoms with Gasteiger partial charge in [-0.25, -0.2) is 0 Å². The number of amides is 2. The van der Waals surface area contributed by atoms with Crippen LogP contribution in [0.4, 0.5) is 0 Å². The number of carbonyl (C=O) groups is 2. The van der Waals surface area contributed by atoms with Crippen molar-refractivity contribution in [2.24, 2.45) is 16.5 Å². The van der Waals surface area contributed by atoms with Crippen LogP contribution in [0.25, 0.3) is 0 Å². The molecule has 0 unspecified atom stereocenters. The van der Waals surface area contributed by atoms with Crippen molar-refractivity contribution in [1.82, 2.24) is 9.80 Å². The highest BCUT2D eigenvalue weighted by molar-refractivity contribution is 7.17. The van der Waals surface area contributed by atoms with E-state index in [0.717, 1.165) is 44.7 Å². The van der Waals surface area contributed by atoms with Crippen LogP contribution in [0.1, 0.15) is 22.5 Å². The lowest BCUT2D eigenvalue weighted by molar-refractivity contribution is -0.128. The van der Waals surface area contributed by atoms with Gasteiger partial charge >= 0.3 is 0 Å². The Hall–Kier alpha value is -1.94. The fourth-order valence-electron chi connectivity index (χ4n) is 3.18. The summed E-state index contributed by atoms with van der Waals surface area (Å²) >= 11 is 6.70. The maximum atomic E-state index is 12.4. The molecule has 160 valence electrons. The number of likely N-dealkylation sites (tertiary alicyclic amines) is 1. The number of carbonyl (C=O) groups excluding carboxylic acids is 2. The highest BCUT2D eigenvalue weighted by Crippen LogP contribution is 2.20. The van der Waals surface area contributed by atoms with E-state index in [1.54, 1.807) is 25.3 Å². The second-order valence-corrected chi connectivity index (χ2v) is 8.64. The van der Waals surface area contributed by atoms with Crippen LogP contribution < -0.4 is 11.5 Å². The molecule has 3 rings (SSSR count). The van der Waals surface area contributed by atoms with Crippen LogP contribution in [0.15, 0.2) is 28.9 Å². The highest BCUT2D eigenvalue weighted by Gasteiger charge is 2.29. The smallest absolute Gasteiger partial charge is 0.270 e. The highest BCUT2D eigenvalue weighted by atomic mass is 35.5. The first-order valence-corrected chi connectivity index (χ1v) is 10.5. The molecular weight excluding hydrogens is 414 g/mol. The van der Waals surface area contributed by atoms with Crippen molar-refractivity contribution in [2.45, 2.75) is 18.9 Å². The van der Waals surface area contributed by atoms with Gasteiger partial charge in [0.1, 0.15) is 0 Å². The zero-order valence-corrected chi connectivity index (χ0v) is 18.3. The van der Waals surface area contributed by atoms with Gasteiger partial charge in [-0.05, 0) is 38.1 Å². The normalized spacial score (nSPS) is 20.1. The molecule has 3 heterocycles. The minimum absolute atomic E-state index is 0.0968. The van der Waals surface area contributed by atoms with Gasteiger partial charge in [0.05, 0.1) is 39.8 Å². The third-order valence-corrected chi connectivity index (χ3v) is 5.86. The van der Waals surface area contributed by atoms with Crippen molar-refractivity contribution in [3.05, 3.63) is 33.1 Å². The molecular formula is C19H28ClN5O3S. The number of likely N-dealkylation sites (N-methyl/N-ethyl adjacent to an activating group) is 1. The van der Waals surface area contributed by atoms with Crippen LogP contribution in [-0.2, 0) is 9.53 Å². The lowest BCUT2D eigenvalue weighted by atomic mass is 10.2. The van der Waals surface area contributed by atoms with Gasteiger partial charge in [-0.15, -0.1) is 11.3 Å². The topological polar surface area (TPSA) is 114 Å². The first-order valence-electron chi connectivity index (χ1n) is 9.36. The number of nitrogens with two attached hydrogens (primary N) is 2. The number of primary amides is 1. The molecule has 29 heavy (non-hydrogen) atoms. The molecule has 0 saturated carbocycles. The first-order chi connectivity index (χ1) is 13.8. The summed E-state index contributed by atoms with van der Waals surface area (Å²) in [6.45, 7) is 3.79. The number of methoxy groups -OCH3 is 1. The van der Waals surface area contributed by atoms with Crippen molar-refractivity contribution < 1.29 is 14.3 Å². The van der Waals surface area contributed by atoms with Gasteiger partial charge in [0.2, 0.25) is 0 Å².